The van der Waals surface area contributed by atoms with E-state index in [1.165, 1.54) is 16.7 Å². The van der Waals surface area contributed by atoms with Gasteiger partial charge in [0.1, 0.15) is 0 Å². The minimum absolute atomic E-state index is 0.642. The average Bonchev–Trinajstić information content (AvgIpc) is 2.93. The predicted octanol–water partition coefficient (Wildman–Crippen LogP) is 1.24. The second-order valence-corrected chi connectivity index (χ2v) is 4.75. The summed E-state index contributed by atoms with van der Waals surface area (Å²) in [5, 5.41) is 11.5. The van der Waals surface area contributed by atoms with Crippen molar-refractivity contribution in [2.75, 3.05) is 20.3 Å². The molecule has 0 aliphatic carbocycles. The molecule has 100 valence electrons. The van der Waals surface area contributed by atoms with Crippen molar-refractivity contribution in [1.82, 2.24) is 20.3 Å². The van der Waals surface area contributed by atoms with Crippen molar-refractivity contribution in [2.45, 2.75) is 19.5 Å². The quantitative estimate of drug-likeness (QED) is 0.896. The Hall–Kier alpha value is -1.72. The Morgan fingerprint density at radius 2 is 2.32 bits per heavy atom. The molecule has 1 aromatic heterocycles. The molecule has 0 amide bonds. The summed E-state index contributed by atoms with van der Waals surface area (Å²) in [4.78, 5) is 0. The molecule has 1 aliphatic rings. The molecular weight excluding hydrogens is 240 g/mol. The number of aromatic nitrogens is 3. The SMILES string of the molecule is COCCn1nncc1-c1ccc2c(c1)CNCC2. The Morgan fingerprint density at radius 1 is 1.37 bits per heavy atom. The predicted molar refractivity (Wildman–Crippen MR) is 72.7 cm³/mol. The molecule has 19 heavy (non-hydrogen) atoms. The van der Waals surface area contributed by atoms with Crippen LogP contribution in [-0.4, -0.2) is 35.3 Å². The van der Waals surface area contributed by atoms with Crippen molar-refractivity contribution in [1.29, 1.82) is 0 Å². The standard InChI is InChI=1S/C14H18N4O/c1-19-7-6-18-14(10-16-17-18)12-3-2-11-4-5-15-9-13(11)8-12/h2-3,8,10,15H,4-7,9H2,1H3. The topological polar surface area (TPSA) is 52.0 Å². The number of benzene rings is 1. The molecule has 5 heteroatoms. The molecule has 0 bridgehead atoms. The molecule has 2 heterocycles. The number of hydrogen-bond donors (Lipinski definition) is 1. The number of nitrogens with one attached hydrogen (secondary N) is 1. The Bertz CT molecular complexity index is 564. The average molecular weight is 258 g/mol. The molecule has 0 radical (unpaired) electrons. The third-order valence-electron chi connectivity index (χ3n) is 3.51. The van der Waals surface area contributed by atoms with E-state index < -0.39 is 0 Å². The van der Waals surface area contributed by atoms with E-state index in [1.807, 2.05) is 10.9 Å². The summed E-state index contributed by atoms with van der Waals surface area (Å²) >= 11 is 0. The zero-order chi connectivity index (χ0) is 13.1. The lowest BCUT2D eigenvalue weighted by Gasteiger charge is -2.18. The fraction of sp³-hybridized carbons (Fsp3) is 0.429. The van der Waals surface area contributed by atoms with Crippen molar-refractivity contribution >= 4 is 0 Å². The summed E-state index contributed by atoms with van der Waals surface area (Å²) in [5.74, 6) is 0. The summed E-state index contributed by atoms with van der Waals surface area (Å²) in [5.41, 5.74) is 5.04. The maximum Gasteiger partial charge on any atom is 0.0886 e. The molecule has 5 nitrogen and oxygen atoms in total. The molecular formula is C14H18N4O. The number of methoxy groups -OCH3 is 1. The summed E-state index contributed by atoms with van der Waals surface area (Å²) in [6, 6.07) is 6.62. The molecule has 0 unspecified atom stereocenters. The Labute approximate surface area is 112 Å². The maximum atomic E-state index is 5.10. The molecule has 1 aromatic carbocycles. The van der Waals surface area contributed by atoms with Crippen LogP contribution in [0.25, 0.3) is 11.3 Å². The highest BCUT2D eigenvalue weighted by atomic mass is 16.5. The van der Waals surface area contributed by atoms with Crippen LogP contribution in [0.2, 0.25) is 0 Å². The van der Waals surface area contributed by atoms with Crippen LogP contribution in [0, 0.1) is 0 Å². The first kappa shape index (κ1) is 12.3. The minimum Gasteiger partial charge on any atom is -0.383 e. The van der Waals surface area contributed by atoms with Gasteiger partial charge in [0.15, 0.2) is 0 Å². The van der Waals surface area contributed by atoms with Gasteiger partial charge in [-0.1, -0.05) is 17.3 Å². The van der Waals surface area contributed by atoms with Crippen LogP contribution < -0.4 is 5.32 Å². The van der Waals surface area contributed by atoms with Gasteiger partial charge in [-0.25, -0.2) is 4.68 Å². The third kappa shape index (κ3) is 2.52. The van der Waals surface area contributed by atoms with Crippen LogP contribution in [0.5, 0.6) is 0 Å². The number of nitrogens with zero attached hydrogens (tertiary/aromatic N) is 3. The van der Waals surface area contributed by atoms with Crippen molar-refractivity contribution < 1.29 is 4.74 Å². The van der Waals surface area contributed by atoms with E-state index in [0.717, 1.165) is 31.7 Å². The van der Waals surface area contributed by atoms with Gasteiger partial charge in [-0.05, 0) is 30.2 Å². The Kier molecular flexibility index (Phi) is 3.57. The zero-order valence-corrected chi connectivity index (χ0v) is 11.1. The summed E-state index contributed by atoms with van der Waals surface area (Å²) < 4.78 is 6.99. The second kappa shape index (κ2) is 5.50. The van der Waals surface area contributed by atoms with Gasteiger partial charge in [-0.3, -0.25) is 0 Å². The van der Waals surface area contributed by atoms with Crippen LogP contribution in [-0.2, 0) is 24.2 Å². The Morgan fingerprint density at radius 3 is 3.21 bits per heavy atom. The van der Waals surface area contributed by atoms with Gasteiger partial charge in [-0.15, -0.1) is 5.10 Å². The van der Waals surface area contributed by atoms with E-state index in [4.69, 9.17) is 4.74 Å². The zero-order valence-electron chi connectivity index (χ0n) is 11.1. The van der Waals surface area contributed by atoms with E-state index in [9.17, 15) is 0 Å². The highest BCUT2D eigenvalue weighted by Crippen LogP contribution is 2.23. The third-order valence-corrected chi connectivity index (χ3v) is 3.51. The van der Waals surface area contributed by atoms with Crippen LogP contribution in [0.15, 0.2) is 24.4 Å². The molecule has 0 saturated heterocycles. The normalized spacial score (nSPS) is 14.4. The number of ether oxygens (including phenoxy) is 1. The summed E-state index contributed by atoms with van der Waals surface area (Å²) in [6.45, 7) is 3.38. The molecule has 0 atom stereocenters. The lowest BCUT2D eigenvalue weighted by atomic mass is 9.97. The smallest absolute Gasteiger partial charge is 0.0886 e. The van der Waals surface area contributed by atoms with E-state index in [1.54, 1.807) is 7.11 Å². The monoisotopic (exact) mass is 258 g/mol. The lowest BCUT2D eigenvalue weighted by molar-refractivity contribution is 0.183. The van der Waals surface area contributed by atoms with E-state index >= 15 is 0 Å². The van der Waals surface area contributed by atoms with Crippen LogP contribution >= 0.6 is 0 Å². The van der Waals surface area contributed by atoms with Crippen molar-refractivity contribution in [3.8, 4) is 11.3 Å². The first-order valence-electron chi connectivity index (χ1n) is 6.59. The number of rotatable bonds is 4. The van der Waals surface area contributed by atoms with Crippen LogP contribution in [0.4, 0.5) is 0 Å². The van der Waals surface area contributed by atoms with Gasteiger partial charge >= 0.3 is 0 Å². The largest absolute Gasteiger partial charge is 0.383 e. The molecule has 1 N–H and O–H groups in total. The van der Waals surface area contributed by atoms with Crippen LogP contribution in [0.3, 0.4) is 0 Å². The highest BCUT2D eigenvalue weighted by Gasteiger charge is 2.12. The first-order chi connectivity index (χ1) is 9.38. The highest BCUT2D eigenvalue weighted by molar-refractivity contribution is 5.60. The molecule has 3 rings (SSSR count). The van der Waals surface area contributed by atoms with Gasteiger partial charge in [0.2, 0.25) is 0 Å². The lowest BCUT2D eigenvalue weighted by Crippen LogP contribution is -2.23. The van der Waals surface area contributed by atoms with Gasteiger partial charge in [-0.2, -0.15) is 0 Å². The molecule has 0 spiro atoms. The molecule has 0 saturated carbocycles. The first-order valence-corrected chi connectivity index (χ1v) is 6.59. The van der Waals surface area contributed by atoms with Gasteiger partial charge in [0.25, 0.3) is 0 Å². The molecule has 2 aromatic rings. The van der Waals surface area contributed by atoms with Crippen LogP contribution in [0.1, 0.15) is 11.1 Å². The molecule has 1 aliphatic heterocycles. The van der Waals surface area contributed by atoms with E-state index in [2.05, 4.69) is 33.8 Å². The van der Waals surface area contributed by atoms with E-state index in [0.29, 0.717) is 6.61 Å². The van der Waals surface area contributed by atoms with E-state index in [-0.39, 0.29) is 0 Å². The van der Waals surface area contributed by atoms with Gasteiger partial charge in [0, 0.05) is 19.2 Å². The van der Waals surface area contributed by atoms with Crippen molar-refractivity contribution in [2.24, 2.45) is 0 Å². The number of hydrogen-bond acceptors (Lipinski definition) is 4. The second-order valence-electron chi connectivity index (χ2n) is 4.75. The number of fused-ring (bicyclic) bond motifs is 1. The maximum absolute atomic E-state index is 5.10. The minimum atomic E-state index is 0.642. The van der Waals surface area contributed by atoms with Crippen molar-refractivity contribution in [3.05, 3.63) is 35.5 Å². The van der Waals surface area contributed by atoms with Crippen molar-refractivity contribution in [3.63, 3.8) is 0 Å². The molecule has 0 fully saturated rings. The fourth-order valence-corrected chi connectivity index (χ4v) is 2.46. The summed E-state index contributed by atoms with van der Waals surface area (Å²) in [6.07, 6.45) is 2.92. The summed E-state index contributed by atoms with van der Waals surface area (Å²) in [7, 11) is 1.70. The van der Waals surface area contributed by atoms with Gasteiger partial charge in [0.05, 0.1) is 25.0 Å². The van der Waals surface area contributed by atoms with Gasteiger partial charge < -0.3 is 10.1 Å². The fourth-order valence-electron chi connectivity index (χ4n) is 2.46. The Balaban J connectivity index is 1.91.